The lowest BCUT2D eigenvalue weighted by molar-refractivity contribution is -0.141. The van der Waals surface area contributed by atoms with E-state index in [1.54, 1.807) is 19.1 Å². The molecule has 0 aliphatic rings. The summed E-state index contributed by atoms with van der Waals surface area (Å²) in [5.41, 5.74) is 0.814. The van der Waals surface area contributed by atoms with E-state index in [1.165, 1.54) is 6.92 Å². The molecular weight excluding hydrogens is 278 g/mol. The highest BCUT2D eigenvalue weighted by Crippen LogP contribution is 2.01. The van der Waals surface area contributed by atoms with Crippen molar-refractivity contribution in [3.8, 4) is 0 Å². The van der Waals surface area contributed by atoms with Crippen LogP contribution in [-0.4, -0.2) is 30.9 Å². The molecule has 1 aromatic carbocycles. The summed E-state index contributed by atoms with van der Waals surface area (Å²) in [5, 5.41) is 2.25. The molecule has 0 saturated heterocycles. The van der Waals surface area contributed by atoms with Crippen LogP contribution in [0.4, 0.5) is 9.59 Å². The Bertz CT molecular complexity index is 487. The van der Waals surface area contributed by atoms with Crippen LogP contribution >= 0.6 is 0 Å². The van der Waals surface area contributed by atoms with Crippen molar-refractivity contribution in [2.45, 2.75) is 26.5 Å². The molecule has 1 rings (SSSR count). The highest BCUT2D eigenvalue weighted by molar-refractivity contribution is 5.87. The maximum absolute atomic E-state index is 11.5. The van der Waals surface area contributed by atoms with E-state index in [4.69, 9.17) is 4.74 Å². The van der Waals surface area contributed by atoms with Crippen LogP contribution in [0.5, 0.6) is 0 Å². The van der Waals surface area contributed by atoms with Gasteiger partial charge in [0, 0.05) is 0 Å². The Balaban J connectivity index is 2.33. The van der Waals surface area contributed by atoms with Crippen molar-refractivity contribution >= 4 is 18.2 Å². The maximum atomic E-state index is 11.5. The number of hydrogen-bond donors (Lipinski definition) is 1. The van der Waals surface area contributed by atoms with Gasteiger partial charge in [-0.05, 0) is 19.4 Å². The fraction of sp³-hybridized carbons (Fsp3) is 0.357. The quantitative estimate of drug-likeness (QED) is 0.660. The van der Waals surface area contributed by atoms with Crippen molar-refractivity contribution in [3.05, 3.63) is 35.9 Å². The Morgan fingerprint density at radius 1 is 1.14 bits per heavy atom. The number of nitrogens with one attached hydrogen (secondary N) is 1. The predicted molar refractivity (Wildman–Crippen MR) is 72.3 cm³/mol. The van der Waals surface area contributed by atoms with Crippen molar-refractivity contribution in [3.63, 3.8) is 0 Å². The summed E-state index contributed by atoms with van der Waals surface area (Å²) in [6.45, 7) is 3.11. The molecular formula is C14H17NO6. The van der Waals surface area contributed by atoms with E-state index < -0.39 is 24.3 Å². The van der Waals surface area contributed by atoms with Crippen LogP contribution in [0.2, 0.25) is 0 Å². The molecule has 0 radical (unpaired) electrons. The molecule has 1 atom stereocenters. The summed E-state index contributed by atoms with van der Waals surface area (Å²) in [6.07, 6.45) is -1.89. The van der Waals surface area contributed by atoms with Gasteiger partial charge in [0.2, 0.25) is 0 Å². The summed E-state index contributed by atoms with van der Waals surface area (Å²) < 4.78 is 13.7. The summed E-state index contributed by atoms with van der Waals surface area (Å²) >= 11 is 0. The average Bonchev–Trinajstić information content (AvgIpc) is 2.46. The minimum Gasteiger partial charge on any atom is -0.445 e. The Kier molecular flexibility index (Phi) is 6.73. The largest absolute Gasteiger partial charge is 0.516 e. The van der Waals surface area contributed by atoms with Gasteiger partial charge in [0.05, 0.1) is 6.61 Å². The second kappa shape index (κ2) is 8.57. The molecule has 0 aromatic heterocycles. The molecule has 0 heterocycles. The number of ether oxygens (including phenoxy) is 3. The summed E-state index contributed by atoms with van der Waals surface area (Å²) in [5.74, 6) is -0.926. The van der Waals surface area contributed by atoms with Crippen molar-refractivity contribution in [2.75, 3.05) is 6.61 Å². The Morgan fingerprint density at radius 3 is 2.43 bits per heavy atom. The molecule has 7 heteroatoms. The normalized spacial score (nSPS) is 11.1. The van der Waals surface area contributed by atoms with Gasteiger partial charge in [-0.25, -0.2) is 14.4 Å². The molecule has 114 valence electrons. The van der Waals surface area contributed by atoms with Crippen LogP contribution in [0.15, 0.2) is 30.3 Å². The van der Waals surface area contributed by atoms with Gasteiger partial charge in [0.15, 0.2) is 0 Å². The van der Waals surface area contributed by atoms with Gasteiger partial charge in [-0.2, -0.15) is 0 Å². The molecule has 0 aliphatic heterocycles. The fourth-order valence-corrected chi connectivity index (χ4v) is 1.32. The highest BCUT2D eigenvalue weighted by atomic mass is 16.7. The van der Waals surface area contributed by atoms with Crippen LogP contribution < -0.4 is 5.32 Å². The van der Waals surface area contributed by atoms with E-state index in [0.29, 0.717) is 0 Å². The number of benzene rings is 1. The zero-order valence-electron chi connectivity index (χ0n) is 11.8. The highest BCUT2D eigenvalue weighted by Gasteiger charge is 2.21. The Labute approximate surface area is 122 Å². The fourth-order valence-electron chi connectivity index (χ4n) is 1.32. The molecule has 21 heavy (non-hydrogen) atoms. The van der Waals surface area contributed by atoms with Gasteiger partial charge in [-0.3, -0.25) is 0 Å². The van der Waals surface area contributed by atoms with Crippen molar-refractivity contribution < 1.29 is 28.6 Å². The number of carbonyl (C=O) groups is 3. The van der Waals surface area contributed by atoms with E-state index >= 15 is 0 Å². The molecule has 0 fully saturated rings. The summed E-state index contributed by atoms with van der Waals surface area (Å²) in [4.78, 5) is 33.9. The number of amides is 1. The first-order valence-electron chi connectivity index (χ1n) is 6.38. The lowest BCUT2D eigenvalue weighted by Gasteiger charge is -2.12. The third-order valence-electron chi connectivity index (χ3n) is 2.35. The van der Waals surface area contributed by atoms with Gasteiger partial charge < -0.3 is 19.5 Å². The summed E-state index contributed by atoms with van der Waals surface area (Å²) in [7, 11) is 0. The number of rotatable bonds is 5. The monoisotopic (exact) mass is 295 g/mol. The number of alkyl carbamates (subject to hydrolysis) is 1. The topological polar surface area (TPSA) is 90.9 Å². The van der Waals surface area contributed by atoms with Crippen molar-refractivity contribution in [2.24, 2.45) is 0 Å². The van der Waals surface area contributed by atoms with E-state index in [9.17, 15) is 14.4 Å². The SMILES string of the molecule is CCOC(=O)OC(=O)[C@H](C)NC(=O)OCc1ccccc1. The van der Waals surface area contributed by atoms with E-state index in [0.717, 1.165) is 5.56 Å². The lowest BCUT2D eigenvalue weighted by Crippen LogP contribution is -2.40. The maximum Gasteiger partial charge on any atom is 0.516 e. The molecule has 0 spiro atoms. The minimum atomic E-state index is -1.10. The predicted octanol–water partition coefficient (Wildman–Crippen LogP) is 2.00. The molecule has 0 bridgehead atoms. The molecule has 1 aromatic rings. The third kappa shape index (κ3) is 6.42. The molecule has 0 unspecified atom stereocenters. The first-order chi connectivity index (χ1) is 10.0. The third-order valence-corrected chi connectivity index (χ3v) is 2.35. The first-order valence-corrected chi connectivity index (χ1v) is 6.38. The van der Waals surface area contributed by atoms with Gasteiger partial charge in [-0.15, -0.1) is 0 Å². The zero-order valence-corrected chi connectivity index (χ0v) is 11.8. The van der Waals surface area contributed by atoms with Gasteiger partial charge in [0.1, 0.15) is 12.6 Å². The Morgan fingerprint density at radius 2 is 1.81 bits per heavy atom. The summed E-state index contributed by atoms with van der Waals surface area (Å²) in [6, 6.07) is 8.04. The Hall–Kier alpha value is -2.57. The number of esters is 1. The standard InChI is InChI=1S/C14H17NO6/c1-3-19-14(18)21-12(16)10(2)15-13(17)20-9-11-7-5-4-6-8-11/h4-8,10H,3,9H2,1-2H3,(H,15,17)/t10-/m0/s1. The van der Waals surface area contributed by atoms with E-state index in [1.807, 2.05) is 18.2 Å². The van der Waals surface area contributed by atoms with Crippen LogP contribution in [-0.2, 0) is 25.6 Å². The smallest absolute Gasteiger partial charge is 0.445 e. The average molecular weight is 295 g/mol. The van der Waals surface area contributed by atoms with Gasteiger partial charge in [0.25, 0.3) is 0 Å². The molecule has 7 nitrogen and oxygen atoms in total. The van der Waals surface area contributed by atoms with E-state index in [-0.39, 0.29) is 13.2 Å². The second-order valence-electron chi connectivity index (χ2n) is 4.03. The van der Waals surface area contributed by atoms with Crippen LogP contribution in [0.1, 0.15) is 19.4 Å². The lowest BCUT2D eigenvalue weighted by atomic mass is 10.2. The van der Waals surface area contributed by atoms with Crippen LogP contribution in [0.25, 0.3) is 0 Å². The second-order valence-corrected chi connectivity index (χ2v) is 4.03. The molecule has 1 amide bonds. The molecule has 1 N–H and O–H groups in total. The van der Waals surface area contributed by atoms with E-state index in [2.05, 4.69) is 14.8 Å². The van der Waals surface area contributed by atoms with Gasteiger partial charge >= 0.3 is 18.2 Å². The van der Waals surface area contributed by atoms with Crippen molar-refractivity contribution in [1.82, 2.24) is 5.32 Å². The number of carbonyl (C=O) groups excluding carboxylic acids is 3. The molecule has 0 aliphatic carbocycles. The zero-order chi connectivity index (χ0) is 15.7. The van der Waals surface area contributed by atoms with Crippen LogP contribution in [0.3, 0.4) is 0 Å². The minimum absolute atomic E-state index is 0.0757. The van der Waals surface area contributed by atoms with Crippen LogP contribution in [0, 0.1) is 0 Å². The number of hydrogen-bond acceptors (Lipinski definition) is 6. The van der Waals surface area contributed by atoms with Gasteiger partial charge in [-0.1, -0.05) is 30.3 Å². The molecule has 0 saturated carbocycles. The van der Waals surface area contributed by atoms with Crippen molar-refractivity contribution in [1.29, 1.82) is 0 Å². The first kappa shape index (κ1) is 16.5.